The topological polar surface area (TPSA) is 35.6 Å². The standard InChI is InChI=1S/C16H31N3OS/c1-4-19(5-2)8-9-21-12-16(20)18(3)15-10-13-6-7-14(11-15)17-13/h13-15,17H,4-12H2,1-3H3. The number of fused-ring (bicyclic) bond motifs is 2. The number of nitrogens with one attached hydrogen (secondary N) is 1. The summed E-state index contributed by atoms with van der Waals surface area (Å²) in [6.45, 7) is 7.68. The molecule has 0 aromatic carbocycles. The summed E-state index contributed by atoms with van der Waals surface area (Å²) in [5.74, 6) is 2.00. The zero-order valence-electron chi connectivity index (χ0n) is 13.8. The molecule has 0 aromatic heterocycles. The molecule has 21 heavy (non-hydrogen) atoms. The summed E-state index contributed by atoms with van der Waals surface area (Å²) in [7, 11) is 2.00. The minimum atomic E-state index is 0.311. The van der Waals surface area contributed by atoms with Crippen LogP contribution in [0.25, 0.3) is 0 Å². The molecule has 122 valence electrons. The van der Waals surface area contributed by atoms with Gasteiger partial charge in [-0.2, -0.15) is 11.8 Å². The fraction of sp³-hybridized carbons (Fsp3) is 0.938. The van der Waals surface area contributed by atoms with Crippen LogP contribution in [0, 0.1) is 0 Å². The Morgan fingerprint density at radius 2 is 1.81 bits per heavy atom. The molecule has 2 unspecified atom stereocenters. The van der Waals surface area contributed by atoms with E-state index in [1.54, 1.807) is 11.8 Å². The Bertz CT molecular complexity index is 323. The molecule has 2 fully saturated rings. The fourth-order valence-corrected chi connectivity index (χ4v) is 4.45. The van der Waals surface area contributed by atoms with E-state index in [4.69, 9.17) is 0 Å². The summed E-state index contributed by atoms with van der Waals surface area (Å²) < 4.78 is 0. The minimum Gasteiger partial charge on any atom is -0.342 e. The number of piperidine rings is 1. The van der Waals surface area contributed by atoms with Gasteiger partial charge in [-0.3, -0.25) is 4.79 Å². The Morgan fingerprint density at radius 3 is 2.38 bits per heavy atom. The van der Waals surface area contributed by atoms with Crippen molar-refractivity contribution in [2.45, 2.75) is 57.7 Å². The van der Waals surface area contributed by atoms with E-state index in [1.807, 2.05) is 11.9 Å². The predicted octanol–water partition coefficient (Wildman–Crippen LogP) is 1.80. The van der Waals surface area contributed by atoms with E-state index in [1.165, 1.54) is 12.8 Å². The third kappa shape index (κ3) is 4.86. The summed E-state index contributed by atoms with van der Waals surface area (Å²) in [4.78, 5) is 16.8. The van der Waals surface area contributed by atoms with E-state index in [0.717, 1.165) is 38.2 Å². The van der Waals surface area contributed by atoms with Crippen molar-refractivity contribution >= 4 is 17.7 Å². The van der Waals surface area contributed by atoms with Crippen molar-refractivity contribution in [2.75, 3.05) is 38.2 Å². The van der Waals surface area contributed by atoms with Crippen molar-refractivity contribution in [3.63, 3.8) is 0 Å². The molecule has 2 heterocycles. The van der Waals surface area contributed by atoms with Gasteiger partial charge < -0.3 is 15.1 Å². The fourth-order valence-electron chi connectivity index (χ4n) is 3.54. The van der Waals surface area contributed by atoms with Gasteiger partial charge in [0.25, 0.3) is 0 Å². The quantitative estimate of drug-likeness (QED) is 0.693. The van der Waals surface area contributed by atoms with Crippen LogP contribution in [0.4, 0.5) is 0 Å². The van der Waals surface area contributed by atoms with Crippen molar-refractivity contribution in [2.24, 2.45) is 0 Å². The molecular formula is C16H31N3OS. The minimum absolute atomic E-state index is 0.311. The second kappa shape index (κ2) is 8.39. The van der Waals surface area contributed by atoms with Crippen LogP contribution >= 0.6 is 11.8 Å². The van der Waals surface area contributed by atoms with Crippen molar-refractivity contribution < 1.29 is 4.79 Å². The molecule has 4 nitrogen and oxygen atoms in total. The Balaban J connectivity index is 1.66. The molecular weight excluding hydrogens is 282 g/mol. The number of thioether (sulfide) groups is 1. The summed E-state index contributed by atoms with van der Waals surface area (Å²) >= 11 is 1.78. The van der Waals surface area contributed by atoms with Gasteiger partial charge in [-0.25, -0.2) is 0 Å². The van der Waals surface area contributed by atoms with E-state index in [9.17, 15) is 4.79 Å². The zero-order valence-corrected chi connectivity index (χ0v) is 14.6. The van der Waals surface area contributed by atoms with Crippen LogP contribution in [0.15, 0.2) is 0 Å². The second-order valence-electron chi connectivity index (χ2n) is 6.35. The lowest BCUT2D eigenvalue weighted by Gasteiger charge is -2.35. The first-order valence-electron chi connectivity index (χ1n) is 8.45. The van der Waals surface area contributed by atoms with Gasteiger partial charge in [-0.1, -0.05) is 13.8 Å². The highest BCUT2D eigenvalue weighted by Crippen LogP contribution is 2.29. The smallest absolute Gasteiger partial charge is 0.232 e. The second-order valence-corrected chi connectivity index (χ2v) is 7.45. The van der Waals surface area contributed by atoms with Crippen LogP contribution in [0.2, 0.25) is 0 Å². The molecule has 0 saturated carbocycles. The maximum atomic E-state index is 12.3. The number of carbonyl (C=O) groups excluding carboxylic acids is 1. The van der Waals surface area contributed by atoms with Gasteiger partial charge in [0.1, 0.15) is 0 Å². The molecule has 1 N–H and O–H groups in total. The van der Waals surface area contributed by atoms with Gasteiger partial charge >= 0.3 is 0 Å². The summed E-state index contributed by atoms with van der Waals surface area (Å²) in [5, 5.41) is 3.64. The number of rotatable bonds is 8. The van der Waals surface area contributed by atoms with Crippen LogP contribution in [-0.2, 0) is 4.79 Å². The SMILES string of the molecule is CCN(CC)CCSCC(=O)N(C)C1CC2CCC(C1)N2. The lowest BCUT2D eigenvalue weighted by atomic mass is 9.98. The van der Waals surface area contributed by atoms with Gasteiger partial charge in [0.05, 0.1) is 5.75 Å². The molecule has 2 atom stereocenters. The number of amides is 1. The largest absolute Gasteiger partial charge is 0.342 e. The molecule has 0 aliphatic carbocycles. The van der Waals surface area contributed by atoms with E-state index in [2.05, 4.69) is 24.1 Å². The Hall–Kier alpha value is -0.260. The van der Waals surface area contributed by atoms with Gasteiger partial charge in [-0.15, -0.1) is 0 Å². The van der Waals surface area contributed by atoms with Gasteiger partial charge in [0.15, 0.2) is 0 Å². The van der Waals surface area contributed by atoms with Gasteiger partial charge in [0, 0.05) is 37.5 Å². The van der Waals surface area contributed by atoms with Gasteiger partial charge in [0.2, 0.25) is 5.91 Å². The summed E-state index contributed by atoms with van der Waals surface area (Å²) in [6, 6.07) is 1.76. The Morgan fingerprint density at radius 1 is 1.19 bits per heavy atom. The molecule has 2 rings (SSSR count). The van der Waals surface area contributed by atoms with Crippen LogP contribution in [0.5, 0.6) is 0 Å². The maximum Gasteiger partial charge on any atom is 0.232 e. The zero-order chi connectivity index (χ0) is 15.2. The van der Waals surface area contributed by atoms with E-state index in [-0.39, 0.29) is 0 Å². The highest BCUT2D eigenvalue weighted by Gasteiger charge is 2.36. The molecule has 2 saturated heterocycles. The van der Waals surface area contributed by atoms with Crippen LogP contribution in [0.1, 0.15) is 39.5 Å². The first-order valence-corrected chi connectivity index (χ1v) is 9.61. The maximum absolute atomic E-state index is 12.3. The summed E-state index contributed by atoms with van der Waals surface area (Å²) in [6.07, 6.45) is 4.87. The lowest BCUT2D eigenvalue weighted by molar-refractivity contribution is -0.129. The molecule has 1 amide bonds. The Labute approximate surface area is 134 Å². The first-order chi connectivity index (χ1) is 10.1. The Kier molecular flexibility index (Phi) is 6.83. The number of carbonyl (C=O) groups is 1. The number of hydrogen-bond donors (Lipinski definition) is 1. The highest BCUT2D eigenvalue weighted by molar-refractivity contribution is 7.99. The average molecular weight is 314 g/mol. The normalized spacial score (nSPS) is 28.1. The predicted molar refractivity (Wildman–Crippen MR) is 90.9 cm³/mol. The van der Waals surface area contributed by atoms with E-state index < -0.39 is 0 Å². The van der Waals surface area contributed by atoms with E-state index >= 15 is 0 Å². The van der Waals surface area contributed by atoms with Crippen molar-refractivity contribution in [1.82, 2.24) is 15.1 Å². The molecule has 5 heteroatoms. The van der Waals surface area contributed by atoms with Crippen LogP contribution in [0.3, 0.4) is 0 Å². The molecule has 0 spiro atoms. The average Bonchev–Trinajstić information content (AvgIpc) is 2.84. The lowest BCUT2D eigenvalue weighted by Crippen LogP contribution is -2.49. The molecule has 2 aliphatic rings. The third-order valence-corrected chi connectivity index (χ3v) is 5.98. The van der Waals surface area contributed by atoms with Crippen LogP contribution < -0.4 is 5.32 Å². The summed E-state index contributed by atoms with van der Waals surface area (Å²) in [5.41, 5.74) is 0. The molecule has 0 radical (unpaired) electrons. The highest BCUT2D eigenvalue weighted by atomic mass is 32.2. The van der Waals surface area contributed by atoms with Crippen LogP contribution in [-0.4, -0.2) is 72.0 Å². The van der Waals surface area contributed by atoms with E-state index in [0.29, 0.717) is 29.8 Å². The number of hydrogen-bond acceptors (Lipinski definition) is 4. The van der Waals surface area contributed by atoms with Crippen molar-refractivity contribution in [3.8, 4) is 0 Å². The number of nitrogens with zero attached hydrogens (tertiary/aromatic N) is 2. The first kappa shape index (κ1) is 17.1. The third-order valence-electron chi connectivity index (χ3n) is 5.06. The molecule has 0 aromatic rings. The van der Waals surface area contributed by atoms with Crippen molar-refractivity contribution in [1.29, 1.82) is 0 Å². The van der Waals surface area contributed by atoms with Crippen molar-refractivity contribution in [3.05, 3.63) is 0 Å². The monoisotopic (exact) mass is 313 g/mol. The molecule has 2 bridgehead atoms. The molecule has 2 aliphatic heterocycles. The van der Waals surface area contributed by atoms with Gasteiger partial charge in [-0.05, 0) is 38.8 Å².